The average Bonchev–Trinajstić information content (AvgIpc) is 2.55. The van der Waals surface area contributed by atoms with Gasteiger partial charge in [-0.05, 0) is 68.1 Å². The van der Waals surface area contributed by atoms with Crippen molar-refractivity contribution in [2.24, 2.45) is 23.2 Å². The van der Waals surface area contributed by atoms with Gasteiger partial charge in [0.2, 0.25) is 0 Å². The minimum Gasteiger partial charge on any atom is -0.0654 e. The van der Waals surface area contributed by atoms with Crippen molar-refractivity contribution in [2.75, 3.05) is 0 Å². The van der Waals surface area contributed by atoms with Gasteiger partial charge in [-0.25, -0.2) is 0 Å². The van der Waals surface area contributed by atoms with Gasteiger partial charge in [0.1, 0.15) is 0 Å². The average molecular weight is 307 g/mol. The van der Waals surface area contributed by atoms with E-state index in [1.54, 1.807) is 38.5 Å². The van der Waals surface area contributed by atoms with Gasteiger partial charge in [-0.2, -0.15) is 0 Å². The van der Waals surface area contributed by atoms with Crippen LogP contribution in [0.4, 0.5) is 0 Å². The summed E-state index contributed by atoms with van der Waals surface area (Å²) in [4.78, 5) is 0. The lowest BCUT2D eigenvalue weighted by atomic mass is 9.63. The maximum Gasteiger partial charge on any atom is -0.0326 e. The monoisotopic (exact) mass is 306 g/mol. The molecule has 2 saturated carbocycles. The predicted octanol–water partition coefficient (Wildman–Crippen LogP) is 7.76. The van der Waals surface area contributed by atoms with Crippen LogP contribution < -0.4 is 0 Å². The summed E-state index contributed by atoms with van der Waals surface area (Å²) in [5.74, 6) is 3.27. The van der Waals surface area contributed by atoms with Gasteiger partial charge in [0.15, 0.2) is 0 Å². The molecule has 0 N–H and O–H groups in total. The molecular formula is C22H42. The van der Waals surface area contributed by atoms with Crippen LogP contribution in [0.1, 0.15) is 117 Å². The highest BCUT2D eigenvalue weighted by Crippen LogP contribution is 2.47. The van der Waals surface area contributed by atoms with Gasteiger partial charge < -0.3 is 0 Å². The number of rotatable bonds is 8. The topological polar surface area (TPSA) is 0 Å². The molecule has 0 unspecified atom stereocenters. The highest BCUT2D eigenvalue weighted by atomic mass is 14.4. The minimum absolute atomic E-state index is 0.698. The Bertz CT molecular complexity index is 276. The van der Waals surface area contributed by atoms with Gasteiger partial charge in [0.05, 0.1) is 0 Å². The Kier molecular flexibility index (Phi) is 7.78. The zero-order valence-electron chi connectivity index (χ0n) is 15.8. The largest absolute Gasteiger partial charge is 0.0654 e. The van der Waals surface area contributed by atoms with Crippen LogP contribution >= 0.6 is 0 Å². The molecule has 2 fully saturated rings. The molecule has 0 bridgehead atoms. The Morgan fingerprint density at radius 3 is 1.91 bits per heavy atom. The summed E-state index contributed by atoms with van der Waals surface area (Å²) in [6.07, 6.45) is 22.5. The van der Waals surface area contributed by atoms with E-state index in [1.807, 2.05) is 0 Å². The lowest BCUT2D eigenvalue weighted by molar-refractivity contribution is 0.0953. The third kappa shape index (κ3) is 5.57. The normalized spacial score (nSPS) is 36.4. The van der Waals surface area contributed by atoms with E-state index in [-0.39, 0.29) is 0 Å². The summed E-state index contributed by atoms with van der Waals surface area (Å²) in [6, 6.07) is 0. The van der Waals surface area contributed by atoms with Gasteiger partial charge in [-0.15, -0.1) is 0 Å². The van der Waals surface area contributed by atoms with Crippen molar-refractivity contribution in [1.82, 2.24) is 0 Å². The molecule has 0 radical (unpaired) electrons. The summed E-state index contributed by atoms with van der Waals surface area (Å²) < 4.78 is 0. The molecular weight excluding hydrogens is 264 g/mol. The fourth-order valence-corrected chi connectivity index (χ4v) is 5.29. The molecule has 0 amide bonds. The van der Waals surface area contributed by atoms with Crippen molar-refractivity contribution >= 4 is 0 Å². The quantitative estimate of drug-likeness (QED) is 0.402. The number of unbranched alkanes of at least 4 members (excludes halogenated alkanes) is 3. The van der Waals surface area contributed by atoms with E-state index in [9.17, 15) is 0 Å². The molecule has 0 atom stereocenters. The van der Waals surface area contributed by atoms with Crippen molar-refractivity contribution in [2.45, 2.75) is 117 Å². The van der Waals surface area contributed by atoms with E-state index in [0.717, 1.165) is 17.8 Å². The molecule has 0 heterocycles. The summed E-state index contributed by atoms with van der Waals surface area (Å²) in [5, 5.41) is 0. The zero-order valence-corrected chi connectivity index (χ0v) is 15.8. The van der Waals surface area contributed by atoms with E-state index in [4.69, 9.17) is 0 Å². The summed E-state index contributed by atoms with van der Waals surface area (Å²) in [7, 11) is 0. The maximum absolute atomic E-state index is 2.57. The van der Waals surface area contributed by atoms with Crippen molar-refractivity contribution in [1.29, 1.82) is 0 Å². The number of hydrogen-bond donors (Lipinski definition) is 0. The minimum atomic E-state index is 0.698. The van der Waals surface area contributed by atoms with Crippen LogP contribution in [0.3, 0.4) is 0 Å². The Labute approximate surface area is 140 Å². The first-order valence-electron chi connectivity index (χ1n) is 10.7. The molecule has 0 aromatic rings. The second-order valence-electron chi connectivity index (χ2n) is 9.03. The molecule has 0 aromatic heterocycles. The van der Waals surface area contributed by atoms with E-state index < -0.39 is 0 Å². The second kappa shape index (κ2) is 9.33. The molecule has 2 aliphatic rings. The predicted molar refractivity (Wildman–Crippen MR) is 99.2 cm³/mol. The first kappa shape index (κ1) is 18.3. The zero-order chi connectivity index (χ0) is 15.8. The van der Waals surface area contributed by atoms with Crippen LogP contribution in [0.25, 0.3) is 0 Å². The van der Waals surface area contributed by atoms with Crippen molar-refractivity contribution in [3.05, 3.63) is 0 Å². The number of hydrogen-bond acceptors (Lipinski definition) is 0. The third-order valence-corrected chi connectivity index (χ3v) is 7.15. The van der Waals surface area contributed by atoms with Crippen LogP contribution in [0, 0.1) is 23.2 Å². The Balaban J connectivity index is 1.66. The summed E-state index contributed by atoms with van der Waals surface area (Å²) in [6.45, 7) is 7.24. The lowest BCUT2D eigenvalue weighted by Gasteiger charge is -2.42. The van der Waals surface area contributed by atoms with Gasteiger partial charge in [-0.3, -0.25) is 0 Å². The van der Waals surface area contributed by atoms with Crippen molar-refractivity contribution in [3.8, 4) is 0 Å². The lowest BCUT2D eigenvalue weighted by Crippen LogP contribution is -2.30. The smallest absolute Gasteiger partial charge is 0.0326 e. The van der Waals surface area contributed by atoms with E-state index >= 15 is 0 Å². The van der Waals surface area contributed by atoms with E-state index in [0.29, 0.717) is 5.41 Å². The van der Waals surface area contributed by atoms with Crippen LogP contribution in [-0.2, 0) is 0 Å². The first-order valence-corrected chi connectivity index (χ1v) is 10.7. The molecule has 0 nitrogen and oxygen atoms in total. The SMILES string of the molecule is CCCCCC1CCC([C@H]2CC[C@](C)(CCCC)CC2)CC1. The van der Waals surface area contributed by atoms with Crippen molar-refractivity contribution < 1.29 is 0 Å². The summed E-state index contributed by atoms with van der Waals surface area (Å²) >= 11 is 0. The summed E-state index contributed by atoms with van der Waals surface area (Å²) in [5.41, 5.74) is 0.698. The molecule has 2 aliphatic carbocycles. The highest BCUT2D eigenvalue weighted by molar-refractivity contribution is 4.86. The first-order chi connectivity index (χ1) is 10.7. The maximum atomic E-state index is 2.57. The van der Waals surface area contributed by atoms with Crippen molar-refractivity contribution in [3.63, 3.8) is 0 Å². The van der Waals surface area contributed by atoms with Crippen LogP contribution in [0.5, 0.6) is 0 Å². The van der Waals surface area contributed by atoms with E-state index in [2.05, 4.69) is 20.8 Å². The van der Waals surface area contributed by atoms with Gasteiger partial charge >= 0.3 is 0 Å². The fourth-order valence-electron chi connectivity index (χ4n) is 5.29. The van der Waals surface area contributed by atoms with Crippen LogP contribution in [0.2, 0.25) is 0 Å². The standard InChI is InChI=1S/C22H42/c1-4-6-8-9-19-10-12-20(13-11-19)21-14-17-22(3,18-15-21)16-7-5-2/h19-21H,4-18H2,1-3H3/t19?,20?,21-,22-. The molecule has 0 spiro atoms. The molecule has 2 rings (SSSR count). The highest BCUT2D eigenvalue weighted by Gasteiger charge is 2.35. The van der Waals surface area contributed by atoms with Crippen LogP contribution in [0.15, 0.2) is 0 Å². The van der Waals surface area contributed by atoms with E-state index in [1.165, 1.54) is 57.8 Å². The van der Waals surface area contributed by atoms with Gasteiger partial charge in [0.25, 0.3) is 0 Å². The third-order valence-electron chi connectivity index (χ3n) is 7.15. The molecule has 0 heteroatoms. The van der Waals surface area contributed by atoms with Gasteiger partial charge in [-0.1, -0.05) is 72.1 Å². The molecule has 130 valence electrons. The Morgan fingerprint density at radius 1 is 0.727 bits per heavy atom. The second-order valence-corrected chi connectivity index (χ2v) is 9.03. The van der Waals surface area contributed by atoms with Gasteiger partial charge in [0, 0.05) is 0 Å². The molecule has 0 aromatic carbocycles. The fraction of sp³-hybridized carbons (Fsp3) is 1.00. The van der Waals surface area contributed by atoms with Crippen LogP contribution in [-0.4, -0.2) is 0 Å². The molecule has 0 aliphatic heterocycles. The Morgan fingerprint density at radius 2 is 1.32 bits per heavy atom. The Hall–Kier alpha value is 0. The molecule has 22 heavy (non-hydrogen) atoms. The molecule has 0 saturated heterocycles.